The molecule has 1 heterocycles. The molecule has 1 aromatic rings. The summed E-state index contributed by atoms with van der Waals surface area (Å²) in [6.45, 7) is 0.479. The van der Waals surface area contributed by atoms with E-state index in [0.717, 1.165) is 0 Å². The third-order valence-electron chi connectivity index (χ3n) is 3.42. The number of hydrogen-bond acceptors (Lipinski definition) is 2. The number of carbonyl (C=O) groups excluding carboxylic acids is 1. The molecule has 1 aromatic carbocycles. The number of carbonyl (C=O) groups is 2. The molecule has 1 N–H and O–H groups in total. The Hall–Kier alpha value is -1.91. The number of rotatable bonds is 4. The molecule has 1 aliphatic heterocycles. The fraction of sp³-hybridized carbons (Fsp3) is 0.429. The number of carboxylic acids is 1. The van der Waals surface area contributed by atoms with Crippen molar-refractivity contribution in [3.05, 3.63) is 35.6 Å². The lowest BCUT2D eigenvalue weighted by atomic mass is 10.1. The van der Waals surface area contributed by atoms with Crippen molar-refractivity contribution in [2.75, 3.05) is 6.54 Å². The maximum atomic E-state index is 13.4. The van der Waals surface area contributed by atoms with Crippen molar-refractivity contribution in [3.63, 3.8) is 0 Å². The Balaban J connectivity index is 1.95. The number of nitrogens with zero attached hydrogens (tertiary/aromatic N) is 1. The first kappa shape index (κ1) is 13.5. The molecule has 4 nitrogen and oxygen atoms in total. The van der Waals surface area contributed by atoms with Gasteiger partial charge in [-0.25, -0.2) is 9.18 Å². The second kappa shape index (κ2) is 5.82. The fourth-order valence-electron chi connectivity index (χ4n) is 2.41. The van der Waals surface area contributed by atoms with Gasteiger partial charge < -0.3 is 10.0 Å². The van der Waals surface area contributed by atoms with E-state index in [2.05, 4.69) is 0 Å². The Bertz CT molecular complexity index is 489. The zero-order valence-electron chi connectivity index (χ0n) is 10.5. The molecule has 0 spiro atoms. The van der Waals surface area contributed by atoms with Gasteiger partial charge in [-0.1, -0.05) is 18.2 Å². The Kier molecular flexibility index (Phi) is 4.14. The van der Waals surface area contributed by atoms with Crippen LogP contribution in [-0.2, 0) is 16.0 Å². The molecule has 0 bridgehead atoms. The highest BCUT2D eigenvalue weighted by Gasteiger charge is 2.33. The van der Waals surface area contributed by atoms with Crippen LogP contribution in [-0.4, -0.2) is 34.5 Å². The molecule has 1 fully saturated rings. The summed E-state index contributed by atoms with van der Waals surface area (Å²) in [4.78, 5) is 24.4. The summed E-state index contributed by atoms with van der Waals surface area (Å²) in [7, 11) is 0. The molecule has 1 amide bonds. The number of carboxylic acid groups (broad SMARTS) is 1. The van der Waals surface area contributed by atoms with Gasteiger partial charge in [-0.15, -0.1) is 0 Å². The van der Waals surface area contributed by atoms with E-state index in [0.29, 0.717) is 31.4 Å². The molecule has 1 aliphatic rings. The molecule has 0 radical (unpaired) electrons. The van der Waals surface area contributed by atoms with Crippen molar-refractivity contribution in [2.45, 2.75) is 31.7 Å². The van der Waals surface area contributed by atoms with Crippen molar-refractivity contribution in [1.82, 2.24) is 4.90 Å². The van der Waals surface area contributed by atoms with E-state index in [1.807, 2.05) is 0 Å². The molecule has 0 aromatic heterocycles. The Morgan fingerprint density at radius 3 is 2.79 bits per heavy atom. The summed E-state index contributed by atoms with van der Waals surface area (Å²) in [5.41, 5.74) is 0.488. The van der Waals surface area contributed by atoms with E-state index in [4.69, 9.17) is 5.11 Å². The molecular weight excluding hydrogens is 249 g/mol. The first-order chi connectivity index (χ1) is 9.09. The van der Waals surface area contributed by atoms with E-state index in [1.165, 1.54) is 11.0 Å². The van der Waals surface area contributed by atoms with Crippen LogP contribution in [0, 0.1) is 5.82 Å². The number of hydrogen-bond donors (Lipinski definition) is 1. The first-order valence-electron chi connectivity index (χ1n) is 6.35. The fourth-order valence-corrected chi connectivity index (χ4v) is 2.41. The minimum atomic E-state index is -0.961. The average Bonchev–Trinajstić information content (AvgIpc) is 2.87. The van der Waals surface area contributed by atoms with Gasteiger partial charge in [0.2, 0.25) is 5.91 Å². The monoisotopic (exact) mass is 265 g/mol. The minimum Gasteiger partial charge on any atom is -0.480 e. The zero-order valence-corrected chi connectivity index (χ0v) is 10.5. The predicted octanol–water partition coefficient (Wildman–Crippen LogP) is 1.83. The lowest BCUT2D eigenvalue weighted by Crippen LogP contribution is -2.40. The van der Waals surface area contributed by atoms with Crippen LogP contribution in [0.25, 0.3) is 0 Å². The third kappa shape index (κ3) is 3.10. The predicted molar refractivity (Wildman–Crippen MR) is 67.1 cm³/mol. The normalized spacial score (nSPS) is 18.6. The molecule has 0 saturated carbocycles. The largest absolute Gasteiger partial charge is 0.480 e. The summed E-state index contributed by atoms with van der Waals surface area (Å²) in [6.07, 6.45) is 1.65. The Morgan fingerprint density at radius 2 is 2.11 bits per heavy atom. The van der Waals surface area contributed by atoms with Crippen molar-refractivity contribution in [2.24, 2.45) is 0 Å². The minimum absolute atomic E-state index is 0.144. The van der Waals surface area contributed by atoms with E-state index >= 15 is 0 Å². The second-order valence-corrected chi connectivity index (χ2v) is 4.67. The van der Waals surface area contributed by atoms with Crippen LogP contribution in [0.4, 0.5) is 4.39 Å². The first-order valence-corrected chi connectivity index (χ1v) is 6.35. The highest BCUT2D eigenvalue weighted by Crippen LogP contribution is 2.19. The summed E-state index contributed by atoms with van der Waals surface area (Å²) in [6, 6.07) is 5.60. The molecule has 0 aliphatic carbocycles. The van der Waals surface area contributed by atoms with Gasteiger partial charge in [0.05, 0.1) is 0 Å². The topological polar surface area (TPSA) is 57.6 Å². The van der Waals surface area contributed by atoms with Crippen LogP contribution >= 0.6 is 0 Å². The zero-order chi connectivity index (χ0) is 13.8. The number of benzene rings is 1. The van der Waals surface area contributed by atoms with Crippen LogP contribution in [0.2, 0.25) is 0 Å². The van der Waals surface area contributed by atoms with Gasteiger partial charge in [0, 0.05) is 13.0 Å². The number of likely N-dealkylation sites (tertiary alicyclic amines) is 1. The summed E-state index contributed by atoms with van der Waals surface area (Å²) >= 11 is 0. The van der Waals surface area contributed by atoms with Gasteiger partial charge in [0.15, 0.2) is 0 Å². The number of aryl methyl sites for hydroxylation is 1. The van der Waals surface area contributed by atoms with Crippen molar-refractivity contribution in [3.8, 4) is 0 Å². The summed E-state index contributed by atoms with van der Waals surface area (Å²) < 4.78 is 13.4. The maximum absolute atomic E-state index is 13.4. The van der Waals surface area contributed by atoms with Crippen LogP contribution in [0.5, 0.6) is 0 Å². The van der Waals surface area contributed by atoms with Crippen LogP contribution in [0.15, 0.2) is 24.3 Å². The van der Waals surface area contributed by atoms with Gasteiger partial charge in [-0.05, 0) is 30.9 Å². The molecule has 1 atom stereocenters. The highest BCUT2D eigenvalue weighted by atomic mass is 19.1. The van der Waals surface area contributed by atoms with Crippen LogP contribution < -0.4 is 0 Å². The Morgan fingerprint density at radius 1 is 1.37 bits per heavy atom. The van der Waals surface area contributed by atoms with Gasteiger partial charge in [-0.2, -0.15) is 0 Å². The SMILES string of the molecule is O=C(O)[C@@H]1CCCN1C(=O)CCc1ccccc1F. The van der Waals surface area contributed by atoms with Crippen molar-refractivity contribution >= 4 is 11.9 Å². The Labute approximate surface area is 110 Å². The van der Waals surface area contributed by atoms with Gasteiger partial charge in [-0.3, -0.25) is 4.79 Å². The molecule has 19 heavy (non-hydrogen) atoms. The van der Waals surface area contributed by atoms with Crippen molar-refractivity contribution in [1.29, 1.82) is 0 Å². The van der Waals surface area contributed by atoms with E-state index in [9.17, 15) is 14.0 Å². The molecule has 2 rings (SSSR count). The third-order valence-corrected chi connectivity index (χ3v) is 3.42. The quantitative estimate of drug-likeness (QED) is 0.903. The average molecular weight is 265 g/mol. The molecule has 1 saturated heterocycles. The molecule has 102 valence electrons. The van der Waals surface area contributed by atoms with E-state index in [-0.39, 0.29) is 18.1 Å². The summed E-state index contributed by atoms with van der Waals surface area (Å²) in [5.74, 6) is -1.50. The highest BCUT2D eigenvalue weighted by molar-refractivity contribution is 5.84. The number of aliphatic carboxylic acids is 1. The van der Waals surface area contributed by atoms with E-state index in [1.54, 1.807) is 18.2 Å². The smallest absolute Gasteiger partial charge is 0.326 e. The second-order valence-electron chi connectivity index (χ2n) is 4.67. The van der Waals surface area contributed by atoms with E-state index < -0.39 is 12.0 Å². The molecule has 0 unspecified atom stereocenters. The number of amides is 1. The summed E-state index contributed by atoms with van der Waals surface area (Å²) in [5, 5.41) is 9.01. The van der Waals surface area contributed by atoms with Gasteiger partial charge >= 0.3 is 5.97 Å². The van der Waals surface area contributed by atoms with Crippen molar-refractivity contribution < 1.29 is 19.1 Å². The molecule has 5 heteroatoms. The number of halogens is 1. The standard InChI is InChI=1S/C14H16FNO3/c15-11-5-2-1-4-10(11)7-8-13(17)16-9-3-6-12(16)14(18)19/h1-2,4-5,12H,3,6-9H2,(H,18,19)/t12-/m0/s1. The van der Waals surface area contributed by atoms with Crippen LogP contribution in [0.1, 0.15) is 24.8 Å². The molecular formula is C14H16FNO3. The lowest BCUT2D eigenvalue weighted by Gasteiger charge is -2.21. The van der Waals surface area contributed by atoms with Crippen LogP contribution in [0.3, 0.4) is 0 Å². The van der Waals surface area contributed by atoms with Gasteiger partial charge in [0.25, 0.3) is 0 Å². The lowest BCUT2D eigenvalue weighted by molar-refractivity contribution is -0.148. The van der Waals surface area contributed by atoms with Gasteiger partial charge in [0.1, 0.15) is 11.9 Å². The maximum Gasteiger partial charge on any atom is 0.326 e.